The SMILES string of the molecule is CN1C2C1C21Cc2ccc(OCCNS(=O)(=O)CC3CC3)cc2C1Cc1ccccc1. The fourth-order valence-electron chi connectivity index (χ4n) is 6.11. The van der Waals surface area contributed by atoms with Crippen LogP contribution in [0.2, 0.25) is 0 Å². The van der Waals surface area contributed by atoms with E-state index in [1.54, 1.807) is 0 Å². The predicted molar refractivity (Wildman–Crippen MR) is 121 cm³/mol. The number of benzene rings is 2. The van der Waals surface area contributed by atoms with Crippen LogP contribution in [0, 0.1) is 11.3 Å². The highest BCUT2D eigenvalue weighted by atomic mass is 32.2. The zero-order valence-corrected chi connectivity index (χ0v) is 18.8. The lowest BCUT2D eigenvalue weighted by atomic mass is 9.81. The van der Waals surface area contributed by atoms with Crippen molar-refractivity contribution in [2.24, 2.45) is 11.3 Å². The minimum atomic E-state index is -3.17. The fourth-order valence-corrected chi connectivity index (χ4v) is 7.58. The molecular formula is C25H30N2O3S. The molecule has 1 N–H and O–H groups in total. The van der Waals surface area contributed by atoms with Crippen LogP contribution < -0.4 is 9.46 Å². The Morgan fingerprint density at radius 2 is 1.90 bits per heavy atom. The van der Waals surface area contributed by atoms with Gasteiger partial charge >= 0.3 is 0 Å². The molecule has 0 amide bonds. The maximum atomic E-state index is 12.0. The van der Waals surface area contributed by atoms with Crippen molar-refractivity contribution in [3.63, 3.8) is 0 Å². The number of nitrogens with one attached hydrogen (secondary N) is 1. The fraction of sp³-hybridized carbons (Fsp3) is 0.520. The van der Waals surface area contributed by atoms with E-state index in [2.05, 4.69) is 59.1 Å². The van der Waals surface area contributed by atoms with Gasteiger partial charge in [-0.2, -0.15) is 0 Å². The number of likely N-dealkylation sites (tertiary alicyclic amines) is 1. The largest absolute Gasteiger partial charge is 0.492 e. The van der Waals surface area contributed by atoms with Crippen LogP contribution in [0.25, 0.3) is 0 Å². The number of hydrogen-bond acceptors (Lipinski definition) is 4. The van der Waals surface area contributed by atoms with Crippen molar-refractivity contribution in [3.8, 4) is 5.75 Å². The molecule has 3 fully saturated rings. The van der Waals surface area contributed by atoms with E-state index in [1.807, 2.05) is 6.07 Å². The summed E-state index contributed by atoms with van der Waals surface area (Å²) in [4.78, 5) is 2.50. The van der Waals surface area contributed by atoms with E-state index in [0.717, 1.165) is 37.1 Å². The molecule has 3 unspecified atom stereocenters. The Bertz CT molecular complexity index is 1090. The lowest BCUT2D eigenvalue weighted by Gasteiger charge is -2.29. The van der Waals surface area contributed by atoms with E-state index >= 15 is 0 Å². The summed E-state index contributed by atoms with van der Waals surface area (Å²) >= 11 is 0. The minimum absolute atomic E-state index is 0.256. The first-order valence-corrected chi connectivity index (χ1v) is 13.1. The molecule has 4 aliphatic rings. The van der Waals surface area contributed by atoms with Gasteiger partial charge in [0.05, 0.1) is 5.75 Å². The predicted octanol–water partition coefficient (Wildman–Crippen LogP) is 2.96. The van der Waals surface area contributed by atoms with E-state index in [4.69, 9.17) is 4.74 Å². The third-order valence-corrected chi connectivity index (χ3v) is 9.40. The Morgan fingerprint density at radius 1 is 1.13 bits per heavy atom. The van der Waals surface area contributed by atoms with Gasteiger partial charge in [-0.05, 0) is 73.4 Å². The van der Waals surface area contributed by atoms with Crippen LogP contribution in [-0.2, 0) is 22.9 Å². The summed E-state index contributed by atoms with van der Waals surface area (Å²) in [6, 6.07) is 18.8. The van der Waals surface area contributed by atoms with E-state index in [-0.39, 0.29) is 5.75 Å². The molecule has 3 atom stereocenters. The molecule has 1 saturated heterocycles. The van der Waals surface area contributed by atoms with Crippen molar-refractivity contribution in [3.05, 3.63) is 65.2 Å². The molecular weight excluding hydrogens is 408 g/mol. The van der Waals surface area contributed by atoms with E-state index in [9.17, 15) is 8.42 Å². The molecule has 2 aromatic rings. The quantitative estimate of drug-likeness (QED) is 0.483. The molecule has 0 bridgehead atoms. The highest BCUT2D eigenvalue weighted by molar-refractivity contribution is 7.89. The van der Waals surface area contributed by atoms with Gasteiger partial charge < -0.3 is 4.74 Å². The summed E-state index contributed by atoms with van der Waals surface area (Å²) in [5.74, 6) is 1.98. The normalized spacial score (nSPS) is 32.5. The second-order valence-electron chi connectivity index (χ2n) is 9.91. The van der Waals surface area contributed by atoms with Crippen molar-refractivity contribution in [2.45, 2.75) is 43.7 Å². The smallest absolute Gasteiger partial charge is 0.211 e. The lowest BCUT2D eigenvalue weighted by molar-refractivity contribution is 0.226. The summed E-state index contributed by atoms with van der Waals surface area (Å²) in [5, 5.41) is 0. The molecule has 2 aromatic carbocycles. The van der Waals surface area contributed by atoms with Crippen LogP contribution in [0.1, 0.15) is 35.4 Å². The highest BCUT2D eigenvalue weighted by Crippen LogP contribution is 2.76. The summed E-state index contributed by atoms with van der Waals surface area (Å²) in [6.07, 6.45) is 4.31. The Morgan fingerprint density at radius 3 is 2.61 bits per heavy atom. The van der Waals surface area contributed by atoms with Gasteiger partial charge in [0.2, 0.25) is 10.0 Å². The number of rotatable bonds is 9. The Balaban J connectivity index is 1.14. The van der Waals surface area contributed by atoms with Crippen LogP contribution in [0.15, 0.2) is 48.5 Å². The topological polar surface area (TPSA) is 58.4 Å². The van der Waals surface area contributed by atoms with Crippen LogP contribution in [0.4, 0.5) is 0 Å². The third-order valence-electron chi connectivity index (χ3n) is 7.84. The van der Waals surface area contributed by atoms with Crippen molar-refractivity contribution >= 4 is 10.0 Å². The average molecular weight is 439 g/mol. The molecule has 3 aliphatic carbocycles. The van der Waals surface area contributed by atoms with Gasteiger partial charge in [0.25, 0.3) is 0 Å². The molecule has 164 valence electrons. The van der Waals surface area contributed by atoms with Crippen LogP contribution in [0.5, 0.6) is 5.75 Å². The molecule has 1 heterocycles. The maximum Gasteiger partial charge on any atom is 0.211 e. The van der Waals surface area contributed by atoms with Gasteiger partial charge in [-0.1, -0.05) is 36.4 Å². The minimum Gasteiger partial charge on any atom is -0.492 e. The van der Waals surface area contributed by atoms with Gasteiger partial charge in [0.15, 0.2) is 0 Å². The summed E-state index contributed by atoms with van der Waals surface area (Å²) < 4.78 is 32.7. The zero-order valence-electron chi connectivity index (χ0n) is 18.0. The molecule has 1 spiro atoms. The van der Waals surface area contributed by atoms with Crippen molar-refractivity contribution in [1.29, 1.82) is 0 Å². The monoisotopic (exact) mass is 438 g/mol. The number of ether oxygens (including phenoxy) is 1. The number of nitrogens with zero attached hydrogens (tertiary/aromatic N) is 1. The molecule has 6 heteroatoms. The molecule has 6 rings (SSSR count). The van der Waals surface area contributed by atoms with E-state index in [1.165, 1.54) is 23.1 Å². The van der Waals surface area contributed by atoms with Crippen LogP contribution in [0.3, 0.4) is 0 Å². The Hall–Kier alpha value is -1.89. The molecule has 0 aromatic heterocycles. The van der Waals surface area contributed by atoms with Crippen molar-refractivity contribution < 1.29 is 13.2 Å². The number of likely N-dealkylation sites (N-methyl/N-ethyl adjacent to an activating group) is 1. The molecule has 0 radical (unpaired) electrons. The first-order valence-electron chi connectivity index (χ1n) is 11.5. The summed E-state index contributed by atoms with van der Waals surface area (Å²) in [7, 11) is -0.936. The summed E-state index contributed by atoms with van der Waals surface area (Å²) in [5.41, 5.74) is 4.68. The second kappa shape index (κ2) is 7.06. The standard InChI is InChI=1S/C25H30N2O3S/c1-27-23-24(27)25(23)15-19-9-10-20(30-12-11-26-31(28,29)16-18-7-8-18)14-21(19)22(25)13-17-5-3-2-4-6-17/h2-6,9-10,14,18,22-24,26H,7-8,11-13,15-16H2,1H3. The molecule has 1 aliphatic heterocycles. The first-order chi connectivity index (χ1) is 15.0. The number of hydrogen-bond donors (Lipinski definition) is 1. The first kappa shape index (κ1) is 19.8. The third kappa shape index (κ3) is 3.49. The second-order valence-corrected chi connectivity index (χ2v) is 11.8. The Labute approximate surface area is 184 Å². The van der Waals surface area contributed by atoms with Gasteiger partial charge in [0.1, 0.15) is 12.4 Å². The number of fused-ring (bicyclic) bond motifs is 4. The average Bonchev–Trinajstić information content (AvgIpc) is 3.69. The van der Waals surface area contributed by atoms with Crippen LogP contribution in [-0.4, -0.2) is 51.4 Å². The molecule has 31 heavy (non-hydrogen) atoms. The zero-order chi connectivity index (χ0) is 21.2. The van der Waals surface area contributed by atoms with Gasteiger partial charge in [-0.25, -0.2) is 13.1 Å². The lowest BCUT2D eigenvalue weighted by Crippen LogP contribution is -2.31. The van der Waals surface area contributed by atoms with E-state index < -0.39 is 10.0 Å². The summed E-state index contributed by atoms with van der Waals surface area (Å²) in [6.45, 7) is 0.670. The molecule has 2 saturated carbocycles. The highest BCUT2D eigenvalue weighted by Gasteiger charge is 2.84. The number of sulfonamides is 1. The van der Waals surface area contributed by atoms with Gasteiger partial charge in [0, 0.05) is 24.0 Å². The maximum absolute atomic E-state index is 12.0. The van der Waals surface area contributed by atoms with E-state index in [0.29, 0.717) is 30.4 Å². The van der Waals surface area contributed by atoms with Gasteiger partial charge in [-0.15, -0.1) is 0 Å². The van der Waals surface area contributed by atoms with Crippen LogP contribution >= 0.6 is 0 Å². The van der Waals surface area contributed by atoms with Crippen molar-refractivity contribution in [2.75, 3.05) is 26.0 Å². The van der Waals surface area contributed by atoms with Crippen molar-refractivity contribution in [1.82, 2.24) is 9.62 Å². The molecule has 5 nitrogen and oxygen atoms in total. The van der Waals surface area contributed by atoms with Gasteiger partial charge in [-0.3, -0.25) is 4.90 Å². The Kier molecular flexibility index (Phi) is 4.50.